The summed E-state index contributed by atoms with van der Waals surface area (Å²) in [5.41, 5.74) is 3.59. The van der Waals surface area contributed by atoms with Crippen LogP contribution >= 0.6 is 0 Å². The lowest BCUT2D eigenvalue weighted by atomic mass is 10.1. The van der Waals surface area contributed by atoms with Crippen LogP contribution in [0, 0.1) is 18.3 Å². The van der Waals surface area contributed by atoms with Gasteiger partial charge >= 0.3 is 0 Å². The molecule has 2 aromatic carbocycles. The van der Waals surface area contributed by atoms with Crippen LogP contribution in [0.1, 0.15) is 16.7 Å². The number of nitriles is 1. The van der Waals surface area contributed by atoms with Gasteiger partial charge < -0.3 is 10.6 Å². The number of hydrogen-bond donors (Lipinski definition) is 2. The van der Waals surface area contributed by atoms with Gasteiger partial charge in [0.25, 0.3) is 0 Å². The van der Waals surface area contributed by atoms with Crippen molar-refractivity contribution in [2.45, 2.75) is 13.5 Å². The molecule has 0 aliphatic heterocycles. The third-order valence-corrected chi connectivity index (χ3v) is 3.02. The minimum atomic E-state index is -0.0844. The molecular weight excluding hydrogens is 262 g/mol. The number of benzene rings is 2. The van der Waals surface area contributed by atoms with Gasteiger partial charge in [-0.05, 0) is 30.7 Å². The van der Waals surface area contributed by atoms with Crippen molar-refractivity contribution < 1.29 is 4.79 Å². The van der Waals surface area contributed by atoms with E-state index in [2.05, 4.69) is 16.7 Å². The topological polar surface area (TPSA) is 64.9 Å². The first kappa shape index (κ1) is 14.6. The van der Waals surface area contributed by atoms with Crippen LogP contribution in [0.25, 0.3) is 0 Å². The second kappa shape index (κ2) is 7.11. The predicted octanol–water partition coefficient (Wildman–Crippen LogP) is 2.60. The summed E-state index contributed by atoms with van der Waals surface area (Å²) in [5, 5.41) is 14.7. The van der Waals surface area contributed by atoms with E-state index in [9.17, 15) is 4.79 Å². The molecule has 21 heavy (non-hydrogen) atoms. The normalized spacial score (nSPS) is 9.71. The summed E-state index contributed by atoms with van der Waals surface area (Å²) in [5.74, 6) is -0.0844. The maximum absolute atomic E-state index is 11.8. The third kappa shape index (κ3) is 4.66. The summed E-state index contributed by atoms with van der Waals surface area (Å²) in [6.45, 7) is 2.72. The first-order valence-corrected chi connectivity index (χ1v) is 6.73. The summed E-state index contributed by atoms with van der Waals surface area (Å²) in [6.07, 6.45) is 0. The average molecular weight is 279 g/mol. The second-order valence-corrected chi connectivity index (χ2v) is 4.81. The first-order chi connectivity index (χ1) is 10.2. The molecule has 0 bridgehead atoms. The van der Waals surface area contributed by atoms with Gasteiger partial charge in [0.05, 0.1) is 18.2 Å². The minimum Gasteiger partial charge on any atom is -0.376 e. The van der Waals surface area contributed by atoms with E-state index in [0.717, 1.165) is 11.3 Å². The molecule has 0 aliphatic rings. The Hall–Kier alpha value is -2.80. The van der Waals surface area contributed by atoms with Gasteiger partial charge in [0, 0.05) is 12.2 Å². The minimum absolute atomic E-state index is 0.0844. The molecule has 0 unspecified atom stereocenters. The van der Waals surface area contributed by atoms with Gasteiger partial charge in [-0.1, -0.05) is 35.9 Å². The molecule has 0 radical (unpaired) electrons. The highest BCUT2D eigenvalue weighted by Crippen LogP contribution is 2.09. The van der Waals surface area contributed by atoms with E-state index in [4.69, 9.17) is 5.26 Å². The zero-order chi connectivity index (χ0) is 15.1. The fourth-order valence-corrected chi connectivity index (χ4v) is 1.97. The first-order valence-electron chi connectivity index (χ1n) is 6.73. The number of carbonyl (C=O) groups is 1. The molecule has 2 aromatic rings. The summed E-state index contributed by atoms with van der Waals surface area (Å²) < 4.78 is 0. The van der Waals surface area contributed by atoms with Crippen molar-refractivity contribution in [3.05, 3.63) is 65.2 Å². The highest BCUT2D eigenvalue weighted by atomic mass is 16.1. The molecule has 0 saturated heterocycles. The maximum atomic E-state index is 11.8. The van der Waals surface area contributed by atoms with Crippen molar-refractivity contribution in [2.75, 3.05) is 11.9 Å². The van der Waals surface area contributed by atoms with Crippen LogP contribution in [-0.4, -0.2) is 12.5 Å². The molecule has 0 fully saturated rings. The van der Waals surface area contributed by atoms with E-state index in [0.29, 0.717) is 12.1 Å². The Balaban J connectivity index is 1.81. The van der Waals surface area contributed by atoms with Crippen molar-refractivity contribution >= 4 is 11.6 Å². The lowest BCUT2D eigenvalue weighted by molar-refractivity contribution is -0.119. The van der Waals surface area contributed by atoms with Crippen LogP contribution in [0.15, 0.2) is 48.5 Å². The molecule has 0 spiro atoms. The molecule has 2 rings (SSSR count). The Labute approximate surface area is 124 Å². The van der Waals surface area contributed by atoms with E-state index in [-0.39, 0.29) is 12.5 Å². The molecule has 1 amide bonds. The van der Waals surface area contributed by atoms with Crippen molar-refractivity contribution in [2.24, 2.45) is 0 Å². The Morgan fingerprint density at radius 1 is 1.19 bits per heavy atom. The highest BCUT2D eigenvalue weighted by molar-refractivity contribution is 5.80. The van der Waals surface area contributed by atoms with Crippen molar-refractivity contribution in [1.82, 2.24) is 5.32 Å². The van der Waals surface area contributed by atoms with Gasteiger partial charge in [-0.25, -0.2) is 0 Å². The fourth-order valence-electron chi connectivity index (χ4n) is 1.97. The van der Waals surface area contributed by atoms with Gasteiger partial charge in [-0.15, -0.1) is 0 Å². The third-order valence-electron chi connectivity index (χ3n) is 3.02. The molecule has 106 valence electrons. The fraction of sp³-hybridized carbons (Fsp3) is 0.176. The van der Waals surface area contributed by atoms with E-state index in [1.165, 1.54) is 5.56 Å². The smallest absolute Gasteiger partial charge is 0.239 e. The molecule has 0 aromatic heterocycles. The molecule has 0 aliphatic carbocycles. The Bertz CT molecular complexity index is 674. The Morgan fingerprint density at radius 2 is 2.00 bits per heavy atom. The number of rotatable bonds is 5. The summed E-state index contributed by atoms with van der Waals surface area (Å²) in [6, 6.07) is 17.1. The molecule has 0 heterocycles. The highest BCUT2D eigenvalue weighted by Gasteiger charge is 2.02. The van der Waals surface area contributed by atoms with Gasteiger partial charge in [0.15, 0.2) is 0 Å². The molecular formula is C17H17N3O. The maximum Gasteiger partial charge on any atom is 0.239 e. The zero-order valence-electron chi connectivity index (χ0n) is 11.9. The standard InChI is InChI=1S/C17H17N3O/c1-13-4-2-6-15(8-13)11-20-17(21)12-19-16-7-3-5-14(9-16)10-18/h2-9,19H,11-12H2,1H3,(H,20,21). The molecule has 2 N–H and O–H groups in total. The largest absolute Gasteiger partial charge is 0.376 e. The molecule has 0 saturated carbocycles. The lowest BCUT2D eigenvalue weighted by Gasteiger charge is -2.08. The van der Waals surface area contributed by atoms with Crippen LogP contribution in [0.4, 0.5) is 5.69 Å². The summed E-state index contributed by atoms with van der Waals surface area (Å²) in [7, 11) is 0. The number of anilines is 1. The molecule has 4 heteroatoms. The van der Waals surface area contributed by atoms with Crippen molar-refractivity contribution in [1.29, 1.82) is 5.26 Å². The second-order valence-electron chi connectivity index (χ2n) is 4.81. The van der Waals surface area contributed by atoms with E-state index >= 15 is 0 Å². The number of carbonyl (C=O) groups excluding carboxylic acids is 1. The van der Waals surface area contributed by atoms with Crippen LogP contribution in [-0.2, 0) is 11.3 Å². The van der Waals surface area contributed by atoms with Crippen LogP contribution in [0.2, 0.25) is 0 Å². The van der Waals surface area contributed by atoms with E-state index in [1.807, 2.05) is 37.3 Å². The molecule has 4 nitrogen and oxygen atoms in total. The van der Waals surface area contributed by atoms with Gasteiger partial charge in [0.2, 0.25) is 5.91 Å². The number of nitrogens with one attached hydrogen (secondary N) is 2. The zero-order valence-corrected chi connectivity index (χ0v) is 11.9. The monoisotopic (exact) mass is 279 g/mol. The average Bonchev–Trinajstić information content (AvgIpc) is 2.51. The van der Waals surface area contributed by atoms with Crippen LogP contribution < -0.4 is 10.6 Å². The Morgan fingerprint density at radius 3 is 2.76 bits per heavy atom. The summed E-state index contributed by atoms with van der Waals surface area (Å²) >= 11 is 0. The lowest BCUT2D eigenvalue weighted by Crippen LogP contribution is -2.29. The SMILES string of the molecule is Cc1cccc(CNC(=O)CNc2cccc(C#N)c2)c1. The van der Waals surface area contributed by atoms with Gasteiger partial charge in [0.1, 0.15) is 0 Å². The number of hydrogen-bond acceptors (Lipinski definition) is 3. The number of amides is 1. The predicted molar refractivity (Wildman–Crippen MR) is 82.7 cm³/mol. The Kier molecular flexibility index (Phi) is 4.94. The molecule has 0 atom stereocenters. The van der Waals surface area contributed by atoms with Crippen molar-refractivity contribution in [3.63, 3.8) is 0 Å². The van der Waals surface area contributed by atoms with Crippen molar-refractivity contribution in [3.8, 4) is 6.07 Å². The summed E-state index contributed by atoms with van der Waals surface area (Å²) in [4.78, 5) is 11.8. The van der Waals surface area contributed by atoms with Crippen LogP contribution in [0.3, 0.4) is 0 Å². The van der Waals surface area contributed by atoms with Gasteiger partial charge in [-0.3, -0.25) is 4.79 Å². The van der Waals surface area contributed by atoms with E-state index in [1.54, 1.807) is 18.2 Å². The quantitative estimate of drug-likeness (QED) is 0.884. The van der Waals surface area contributed by atoms with Gasteiger partial charge in [-0.2, -0.15) is 5.26 Å². The van der Waals surface area contributed by atoms with Crippen LogP contribution in [0.5, 0.6) is 0 Å². The van der Waals surface area contributed by atoms with E-state index < -0.39 is 0 Å². The number of aryl methyl sites for hydroxylation is 1. The number of nitrogens with zero attached hydrogens (tertiary/aromatic N) is 1.